The van der Waals surface area contributed by atoms with Gasteiger partial charge in [-0.05, 0) is 37.2 Å². The minimum Gasteiger partial charge on any atom is -0.496 e. The molecule has 0 saturated carbocycles. The highest BCUT2D eigenvalue weighted by Crippen LogP contribution is 2.35. The molecular weight excluding hydrogens is 446 g/mol. The van der Waals surface area contributed by atoms with Crippen LogP contribution in [0.15, 0.2) is 42.6 Å². The van der Waals surface area contributed by atoms with E-state index >= 15 is 0 Å². The lowest BCUT2D eigenvalue weighted by Gasteiger charge is -2.15. The number of aromatic nitrogens is 1. The summed E-state index contributed by atoms with van der Waals surface area (Å²) in [4.78, 5) is 28.8. The molecule has 0 bridgehead atoms. The largest absolute Gasteiger partial charge is 0.496 e. The van der Waals surface area contributed by atoms with E-state index in [1.54, 1.807) is 49.6 Å². The monoisotopic (exact) mass is 469 g/mol. The van der Waals surface area contributed by atoms with E-state index in [9.17, 15) is 9.59 Å². The first-order valence-electron chi connectivity index (χ1n) is 10.4. The van der Waals surface area contributed by atoms with E-state index in [-0.39, 0.29) is 18.0 Å². The third-order valence-corrected chi connectivity index (χ3v) is 5.62. The van der Waals surface area contributed by atoms with Crippen molar-refractivity contribution in [1.29, 1.82) is 0 Å². The average molecular weight is 470 g/mol. The van der Waals surface area contributed by atoms with E-state index < -0.39 is 0 Å². The molecular formula is C23H24ClN5O4. The zero-order valence-corrected chi connectivity index (χ0v) is 19.0. The number of rotatable bonds is 6. The van der Waals surface area contributed by atoms with Gasteiger partial charge in [-0.3, -0.25) is 9.78 Å². The lowest BCUT2D eigenvalue weighted by Crippen LogP contribution is -2.39. The van der Waals surface area contributed by atoms with Crippen LogP contribution in [0, 0.1) is 0 Å². The molecule has 3 aromatic rings. The highest BCUT2D eigenvalue weighted by molar-refractivity contribution is 6.33. The Morgan fingerprint density at radius 1 is 1.18 bits per heavy atom. The first kappa shape index (κ1) is 22.6. The van der Waals surface area contributed by atoms with E-state index in [1.807, 2.05) is 0 Å². The number of amides is 3. The minimum atomic E-state index is -0.310. The van der Waals surface area contributed by atoms with Crippen molar-refractivity contribution in [2.24, 2.45) is 0 Å². The molecule has 4 rings (SSSR count). The van der Waals surface area contributed by atoms with E-state index in [4.69, 9.17) is 21.1 Å². The number of fused-ring (bicyclic) bond motifs is 1. The molecule has 3 amide bonds. The van der Waals surface area contributed by atoms with Crippen LogP contribution in [0.3, 0.4) is 0 Å². The number of carbonyl (C=O) groups excluding carboxylic acids is 2. The zero-order chi connectivity index (χ0) is 23.4. The molecule has 33 heavy (non-hydrogen) atoms. The van der Waals surface area contributed by atoms with E-state index in [0.29, 0.717) is 44.4 Å². The van der Waals surface area contributed by atoms with Crippen LogP contribution in [-0.4, -0.2) is 50.2 Å². The van der Waals surface area contributed by atoms with Gasteiger partial charge in [0.2, 0.25) is 0 Å². The van der Waals surface area contributed by atoms with Gasteiger partial charge in [0.15, 0.2) is 0 Å². The summed E-state index contributed by atoms with van der Waals surface area (Å²) in [6, 6.07) is 9.84. The zero-order valence-electron chi connectivity index (χ0n) is 18.2. The molecule has 1 aliphatic rings. The summed E-state index contributed by atoms with van der Waals surface area (Å²) >= 11 is 6.38. The molecule has 1 unspecified atom stereocenters. The standard InChI is InChI=1S/C23H24ClN5O4/c1-25-22(30)16-10-15-19(11-21(16)32-2)27-8-6-20(15)33-14-3-4-18(17(24)9-14)29-23(31)28-13-5-7-26-12-13/h3-4,6,8-11,13,26H,5,7,12H2,1-2H3,(H,25,30)(H2,28,29,31). The van der Waals surface area contributed by atoms with Gasteiger partial charge in [0.1, 0.15) is 17.2 Å². The molecule has 1 aliphatic heterocycles. The summed E-state index contributed by atoms with van der Waals surface area (Å²) in [5.74, 6) is 1.09. The van der Waals surface area contributed by atoms with Crippen molar-refractivity contribution < 1.29 is 19.1 Å². The maximum Gasteiger partial charge on any atom is 0.319 e. The molecule has 0 spiro atoms. The molecule has 0 aliphatic carbocycles. The van der Waals surface area contributed by atoms with E-state index in [2.05, 4.69) is 26.3 Å². The molecule has 172 valence electrons. The van der Waals surface area contributed by atoms with Crippen LogP contribution in [0.25, 0.3) is 10.9 Å². The highest BCUT2D eigenvalue weighted by atomic mass is 35.5. The molecule has 1 fully saturated rings. The number of carbonyl (C=O) groups is 2. The molecule has 1 atom stereocenters. The Kier molecular flexibility index (Phi) is 6.81. The van der Waals surface area contributed by atoms with Gasteiger partial charge in [-0.15, -0.1) is 0 Å². The van der Waals surface area contributed by atoms with Crippen LogP contribution in [-0.2, 0) is 0 Å². The van der Waals surface area contributed by atoms with Crippen LogP contribution >= 0.6 is 11.6 Å². The molecule has 0 radical (unpaired) electrons. The maximum atomic E-state index is 12.3. The van der Waals surface area contributed by atoms with Gasteiger partial charge in [-0.2, -0.15) is 0 Å². The summed E-state index contributed by atoms with van der Waals surface area (Å²) in [6.07, 6.45) is 2.50. The van der Waals surface area contributed by atoms with Crippen molar-refractivity contribution in [3.05, 3.63) is 53.2 Å². The number of methoxy groups -OCH3 is 1. The number of ether oxygens (including phenoxy) is 2. The van der Waals surface area contributed by atoms with Crippen molar-refractivity contribution in [3.63, 3.8) is 0 Å². The number of urea groups is 1. The maximum absolute atomic E-state index is 12.3. The fourth-order valence-corrected chi connectivity index (χ4v) is 3.85. The molecule has 4 N–H and O–H groups in total. The van der Waals surface area contributed by atoms with Crippen molar-refractivity contribution >= 4 is 40.1 Å². The van der Waals surface area contributed by atoms with Crippen molar-refractivity contribution in [1.82, 2.24) is 20.9 Å². The summed E-state index contributed by atoms with van der Waals surface area (Å²) < 4.78 is 11.4. The second kappa shape index (κ2) is 9.93. The minimum absolute atomic E-state index is 0.102. The van der Waals surface area contributed by atoms with Gasteiger partial charge < -0.3 is 30.7 Å². The van der Waals surface area contributed by atoms with Crippen LogP contribution in [0.5, 0.6) is 17.2 Å². The summed E-state index contributed by atoms with van der Waals surface area (Å²) in [6.45, 7) is 1.64. The SMILES string of the molecule is CNC(=O)c1cc2c(Oc3ccc(NC(=O)NC4CCNC4)c(Cl)c3)ccnc2cc1OC. The van der Waals surface area contributed by atoms with Gasteiger partial charge in [0.25, 0.3) is 5.91 Å². The lowest BCUT2D eigenvalue weighted by atomic mass is 10.1. The number of benzene rings is 2. The summed E-state index contributed by atoms with van der Waals surface area (Å²) in [5.41, 5.74) is 1.45. The molecule has 2 heterocycles. The van der Waals surface area contributed by atoms with E-state index in [0.717, 1.165) is 19.5 Å². The van der Waals surface area contributed by atoms with Gasteiger partial charge in [-0.1, -0.05) is 11.6 Å². The van der Waals surface area contributed by atoms with Crippen molar-refractivity contribution in [2.45, 2.75) is 12.5 Å². The normalized spacial score (nSPS) is 15.2. The number of anilines is 1. The average Bonchev–Trinajstić information content (AvgIpc) is 3.32. The van der Waals surface area contributed by atoms with Crippen molar-refractivity contribution in [3.8, 4) is 17.2 Å². The van der Waals surface area contributed by atoms with Gasteiger partial charge >= 0.3 is 6.03 Å². The Labute approximate surface area is 195 Å². The summed E-state index contributed by atoms with van der Waals surface area (Å²) in [7, 11) is 3.05. The fraction of sp³-hybridized carbons (Fsp3) is 0.261. The molecule has 1 saturated heterocycles. The first-order valence-corrected chi connectivity index (χ1v) is 10.8. The molecule has 10 heteroatoms. The Balaban J connectivity index is 1.55. The van der Waals surface area contributed by atoms with Crippen LogP contribution in [0.4, 0.5) is 10.5 Å². The first-order chi connectivity index (χ1) is 16.0. The Morgan fingerprint density at radius 3 is 2.73 bits per heavy atom. The number of halogens is 1. The number of nitrogens with one attached hydrogen (secondary N) is 4. The Bertz CT molecular complexity index is 1200. The van der Waals surface area contributed by atoms with Crippen LogP contribution in [0.2, 0.25) is 5.02 Å². The Morgan fingerprint density at radius 2 is 2.03 bits per heavy atom. The van der Waals surface area contributed by atoms with Gasteiger partial charge in [-0.25, -0.2) is 4.79 Å². The highest BCUT2D eigenvalue weighted by Gasteiger charge is 2.18. The van der Waals surface area contributed by atoms with Crippen LogP contribution in [0.1, 0.15) is 16.8 Å². The summed E-state index contributed by atoms with van der Waals surface area (Å²) in [5, 5.41) is 12.4. The predicted octanol–water partition coefficient (Wildman–Crippen LogP) is 3.53. The third kappa shape index (κ3) is 5.10. The van der Waals surface area contributed by atoms with Crippen LogP contribution < -0.4 is 30.7 Å². The van der Waals surface area contributed by atoms with Gasteiger partial charge in [0, 0.05) is 43.4 Å². The number of hydrogen-bond acceptors (Lipinski definition) is 6. The third-order valence-electron chi connectivity index (χ3n) is 5.31. The van der Waals surface area contributed by atoms with Gasteiger partial charge in [0.05, 0.1) is 28.9 Å². The van der Waals surface area contributed by atoms with E-state index in [1.165, 1.54) is 7.11 Å². The molecule has 2 aromatic carbocycles. The second-order valence-corrected chi connectivity index (χ2v) is 7.90. The number of pyridine rings is 1. The molecule has 1 aromatic heterocycles. The quantitative estimate of drug-likeness (QED) is 0.439. The number of nitrogens with zero attached hydrogens (tertiary/aromatic N) is 1. The fourth-order valence-electron chi connectivity index (χ4n) is 3.63. The smallest absolute Gasteiger partial charge is 0.319 e. The molecule has 9 nitrogen and oxygen atoms in total. The second-order valence-electron chi connectivity index (χ2n) is 7.49. The number of hydrogen-bond donors (Lipinski definition) is 4. The lowest BCUT2D eigenvalue weighted by molar-refractivity contribution is 0.0960. The predicted molar refractivity (Wildman–Crippen MR) is 127 cm³/mol. The Hall–Kier alpha value is -3.56. The topological polar surface area (TPSA) is 114 Å². The van der Waals surface area contributed by atoms with Crippen molar-refractivity contribution in [2.75, 3.05) is 32.6 Å².